The highest BCUT2D eigenvalue weighted by Gasteiger charge is 2.25. The molecule has 4 heterocycles. The molecule has 0 unspecified atom stereocenters. The van der Waals surface area contributed by atoms with Gasteiger partial charge in [-0.25, -0.2) is 0 Å². The van der Waals surface area contributed by atoms with Gasteiger partial charge in [-0.15, -0.1) is 10.2 Å². The number of hydrogen-bond donors (Lipinski definition) is 0. The highest BCUT2D eigenvalue weighted by Crippen LogP contribution is 2.22. The summed E-state index contributed by atoms with van der Waals surface area (Å²) in [5.41, 5.74) is -0.0306. The van der Waals surface area contributed by atoms with E-state index in [1.807, 2.05) is 12.1 Å². The van der Waals surface area contributed by atoms with Crippen molar-refractivity contribution in [3.05, 3.63) is 46.4 Å². The van der Waals surface area contributed by atoms with E-state index in [-0.39, 0.29) is 17.0 Å². The number of carbonyl (C=O) groups excluding carboxylic acids is 1. The molecule has 0 aromatic carbocycles. The summed E-state index contributed by atoms with van der Waals surface area (Å²) in [6.07, 6.45) is 4.05. The minimum atomic E-state index is -0.256. The molecule has 2 aromatic rings. The molecule has 8 nitrogen and oxygen atoms in total. The van der Waals surface area contributed by atoms with Crippen LogP contribution in [0.5, 0.6) is 0 Å². The maximum Gasteiger partial charge on any atom is 0.263 e. The second kappa shape index (κ2) is 8.23. The zero-order valence-corrected chi connectivity index (χ0v) is 17.1. The molecule has 1 amide bonds. The molecule has 0 spiro atoms. The minimum absolute atomic E-state index is 0.202. The monoisotopic (exact) mass is 396 g/mol. The maximum atomic E-state index is 12.7. The molecular weight excluding hydrogens is 368 g/mol. The van der Waals surface area contributed by atoms with Crippen molar-refractivity contribution in [1.82, 2.24) is 19.7 Å². The van der Waals surface area contributed by atoms with Crippen LogP contribution in [0, 0.1) is 5.92 Å². The van der Waals surface area contributed by atoms with Crippen molar-refractivity contribution in [3.8, 4) is 0 Å². The summed E-state index contributed by atoms with van der Waals surface area (Å²) in [5, 5.41) is 8.86. The van der Waals surface area contributed by atoms with Gasteiger partial charge >= 0.3 is 0 Å². The number of hydrogen-bond acceptors (Lipinski definition) is 6. The van der Waals surface area contributed by atoms with Gasteiger partial charge in [-0.2, -0.15) is 0 Å². The third-order valence-electron chi connectivity index (χ3n) is 5.99. The SMILES string of the molecule is CC1CCN(c2ccc(N3CCN(C(=O)c4cccn(C)c4=O)CC3)nn2)CC1. The number of piperazine rings is 1. The van der Waals surface area contributed by atoms with Crippen LogP contribution in [0.3, 0.4) is 0 Å². The summed E-state index contributed by atoms with van der Waals surface area (Å²) in [7, 11) is 1.66. The van der Waals surface area contributed by atoms with Gasteiger partial charge < -0.3 is 19.3 Å². The largest absolute Gasteiger partial charge is 0.355 e. The lowest BCUT2D eigenvalue weighted by atomic mass is 9.99. The Bertz CT molecular complexity index is 910. The molecule has 0 N–H and O–H groups in total. The first-order valence-electron chi connectivity index (χ1n) is 10.3. The molecule has 2 aliphatic rings. The molecule has 0 aliphatic carbocycles. The number of anilines is 2. The Kier molecular flexibility index (Phi) is 5.51. The van der Waals surface area contributed by atoms with Gasteiger partial charge in [0.15, 0.2) is 11.6 Å². The van der Waals surface area contributed by atoms with Gasteiger partial charge in [0, 0.05) is 52.5 Å². The summed E-state index contributed by atoms with van der Waals surface area (Å²) in [5.74, 6) is 2.36. The minimum Gasteiger partial charge on any atom is -0.355 e. The lowest BCUT2D eigenvalue weighted by molar-refractivity contribution is 0.0744. The predicted molar refractivity (Wildman–Crippen MR) is 112 cm³/mol. The van der Waals surface area contributed by atoms with Crippen LogP contribution >= 0.6 is 0 Å². The average Bonchev–Trinajstić information content (AvgIpc) is 2.76. The van der Waals surface area contributed by atoms with E-state index in [1.165, 1.54) is 17.4 Å². The van der Waals surface area contributed by atoms with Crippen LogP contribution in [0.25, 0.3) is 0 Å². The molecule has 2 saturated heterocycles. The van der Waals surface area contributed by atoms with E-state index in [2.05, 4.69) is 26.9 Å². The molecule has 4 rings (SSSR count). The number of pyridine rings is 1. The van der Waals surface area contributed by atoms with E-state index in [0.717, 1.165) is 30.6 Å². The molecule has 2 aromatic heterocycles. The van der Waals surface area contributed by atoms with Crippen molar-refractivity contribution in [1.29, 1.82) is 0 Å². The average molecular weight is 396 g/mol. The fraction of sp³-hybridized carbons (Fsp3) is 0.524. The van der Waals surface area contributed by atoms with Crippen molar-refractivity contribution in [3.63, 3.8) is 0 Å². The molecule has 0 saturated carbocycles. The van der Waals surface area contributed by atoms with E-state index >= 15 is 0 Å². The molecule has 2 fully saturated rings. The topological polar surface area (TPSA) is 74.6 Å². The van der Waals surface area contributed by atoms with Crippen LogP contribution in [-0.4, -0.2) is 64.8 Å². The molecule has 154 valence electrons. The fourth-order valence-corrected chi connectivity index (χ4v) is 3.96. The Morgan fingerprint density at radius 2 is 1.52 bits per heavy atom. The Hall–Kier alpha value is -2.90. The molecule has 0 radical (unpaired) electrons. The van der Waals surface area contributed by atoms with Crippen LogP contribution in [0.4, 0.5) is 11.6 Å². The molecular formula is C21H28N6O2. The van der Waals surface area contributed by atoms with E-state index in [0.29, 0.717) is 26.2 Å². The standard InChI is InChI=1S/C21H28N6O2/c1-16-7-10-25(11-8-16)18-5-6-19(23-22-18)26-12-14-27(15-13-26)21(29)17-4-3-9-24(2)20(17)28/h3-6,9,16H,7-8,10-15H2,1-2H3. The summed E-state index contributed by atoms with van der Waals surface area (Å²) < 4.78 is 1.43. The second-order valence-electron chi connectivity index (χ2n) is 8.04. The number of piperidine rings is 1. The lowest BCUT2D eigenvalue weighted by Gasteiger charge is -2.35. The predicted octanol–water partition coefficient (Wildman–Crippen LogP) is 1.37. The van der Waals surface area contributed by atoms with Crippen molar-refractivity contribution < 1.29 is 4.79 Å². The fourth-order valence-electron chi connectivity index (χ4n) is 3.96. The van der Waals surface area contributed by atoms with E-state index in [4.69, 9.17) is 0 Å². The van der Waals surface area contributed by atoms with E-state index in [1.54, 1.807) is 30.3 Å². The van der Waals surface area contributed by atoms with E-state index < -0.39 is 0 Å². The van der Waals surface area contributed by atoms with Crippen LogP contribution in [0.1, 0.15) is 30.1 Å². The first-order valence-corrected chi connectivity index (χ1v) is 10.3. The van der Waals surface area contributed by atoms with Gasteiger partial charge in [0.05, 0.1) is 0 Å². The normalized spacial score (nSPS) is 18.2. The first-order chi connectivity index (χ1) is 14.0. The van der Waals surface area contributed by atoms with Crippen molar-refractivity contribution in [2.45, 2.75) is 19.8 Å². The third-order valence-corrected chi connectivity index (χ3v) is 5.99. The van der Waals surface area contributed by atoms with Gasteiger partial charge in [-0.1, -0.05) is 6.92 Å². The quantitative estimate of drug-likeness (QED) is 0.780. The second-order valence-corrected chi connectivity index (χ2v) is 8.04. The third kappa shape index (κ3) is 4.11. The van der Waals surface area contributed by atoms with Crippen LogP contribution in [0.2, 0.25) is 0 Å². The molecule has 0 atom stereocenters. The van der Waals surface area contributed by atoms with Crippen LogP contribution in [0.15, 0.2) is 35.3 Å². The number of aromatic nitrogens is 3. The van der Waals surface area contributed by atoms with Crippen molar-refractivity contribution >= 4 is 17.5 Å². The Balaban J connectivity index is 1.36. The van der Waals surface area contributed by atoms with Crippen molar-refractivity contribution in [2.24, 2.45) is 13.0 Å². The Labute approximate surface area is 170 Å². The molecule has 29 heavy (non-hydrogen) atoms. The summed E-state index contributed by atoms with van der Waals surface area (Å²) in [4.78, 5) is 31.1. The Morgan fingerprint density at radius 3 is 2.10 bits per heavy atom. The first kappa shape index (κ1) is 19.4. The number of rotatable bonds is 3. The maximum absolute atomic E-state index is 12.7. The molecule has 2 aliphatic heterocycles. The molecule has 0 bridgehead atoms. The van der Waals surface area contributed by atoms with Crippen LogP contribution in [-0.2, 0) is 7.05 Å². The van der Waals surface area contributed by atoms with Gasteiger partial charge in [0.2, 0.25) is 0 Å². The number of aryl methyl sites for hydroxylation is 1. The Morgan fingerprint density at radius 1 is 0.931 bits per heavy atom. The highest BCUT2D eigenvalue weighted by atomic mass is 16.2. The van der Waals surface area contributed by atoms with Gasteiger partial charge in [0.25, 0.3) is 11.5 Å². The number of nitrogens with zero attached hydrogens (tertiary/aromatic N) is 6. The summed E-state index contributed by atoms with van der Waals surface area (Å²) in [6.45, 7) is 6.84. The number of carbonyl (C=O) groups is 1. The zero-order valence-electron chi connectivity index (χ0n) is 17.1. The smallest absolute Gasteiger partial charge is 0.263 e. The van der Waals surface area contributed by atoms with Gasteiger partial charge in [-0.05, 0) is 43.0 Å². The van der Waals surface area contributed by atoms with Gasteiger partial charge in [-0.3, -0.25) is 9.59 Å². The van der Waals surface area contributed by atoms with Gasteiger partial charge in [0.1, 0.15) is 5.56 Å². The number of amides is 1. The zero-order chi connectivity index (χ0) is 20.4. The molecule has 8 heteroatoms. The summed E-state index contributed by atoms with van der Waals surface area (Å²) in [6, 6.07) is 7.39. The highest BCUT2D eigenvalue weighted by molar-refractivity contribution is 5.94. The lowest BCUT2D eigenvalue weighted by Crippen LogP contribution is -2.50. The van der Waals surface area contributed by atoms with E-state index in [9.17, 15) is 9.59 Å². The van der Waals surface area contributed by atoms with Crippen molar-refractivity contribution in [2.75, 3.05) is 49.1 Å². The summed E-state index contributed by atoms with van der Waals surface area (Å²) >= 11 is 0. The van der Waals surface area contributed by atoms with Crippen LogP contribution < -0.4 is 15.4 Å².